The van der Waals surface area contributed by atoms with E-state index < -0.39 is 55.9 Å². The number of aliphatic carboxylic acids is 4. The molecule has 0 saturated carbocycles. The third kappa shape index (κ3) is 11.2. The molecule has 1 radical (unpaired) electrons. The predicted octanol–water partition coefficient (Wildman–Crippen LogP) is -9.56. The Morgan fingerprint density at radius 3 is 1.50 bits per heavy atom. The van der Waals surface area contributed by atoms with Crippen LogP contribution in [0.3, 0.4) is 0 Å². The van der Waals surface area contributed by atoms with Crippen molar-refractivity contribution in [2.75, 3.05) is 13.1 Å². The van der Waals surface area contributed by atoms with Gasteiger partial charge in [-0.25, -0.2) is 0 Å². The Labute approximate surface area is 146 Å². The minimum atomic E-state index is -1.79. The minimum absolute atomic E-state index is 0. The number of carboxylic acid groups (broad SMARTS) is 4. The first-order chi connectivity index (χ1) is 8.23. The van der Waals surface area contributed by atoms with Crippen LogP contribution in [0.25, 0.3) is 0 Å². The molecule has 20 heavy (non-hydrogen) atoms. The molecule has 0 aliphatic heterocycles. The Balaban J connectivity index is -0.00000144. The molecule has 0 aromatic carbocycles. The topological polar surface area (TPSA) is 164 Å². The summed E-state index contributed by atoms with van der Waals surface area (Å²) in [6.45, 7) is -2.00. The van der Waals surface area contributed by atoms with Crippen LogP contribution in [-0.4, -0.2) is 47.9 Å². The molecule has 1 atom stereocenters. The summed E-state index contributed by atoms with van der Waals surface area (Å²) in [5.41, 5.74) is 0. The molecule has 107 valence electrons. The van der Waals surface area contributed by atoms with Gasteiger partial charge in [0.25, 0.3) is 0 Å². The minimum Gasteiger partial charge on any atom is -0.550 e. The zero-order valence-corrected chi connectivity index (χ0v) is 13.6. The molecule has 0 N–H and O–H groups in total. The van der Waals surface area contributed by atoms with E-state index >= 15 is 0 Å². The SMILES string of the molecule is O=C([O-])CCC(C(=O)[O-])N(CC(=O)[O-])CC(=O)[O-].[Fe+3].[Na+]. The van der Waals surface area contributed by atoms with E-state index in [1.54, 1.807) is 0 Å². The summed E-state index contributed by atoms with van der Waals surface area (Å²) < 4.78 is 0. The zero-order chi connectivity index (χ0) is 14.3. The first-order valence-corrected chi connectivity index (χ1v) is 4.78. The van der Waals surface area contributed by atoms with Crippen LogP contribution in [-0.2, 0) is 36.2 Å². The van der Waals surface area contributed by atoms with Gasteiger partial charge in [0.2, 0.25) is 0 Å². The normalized spacial score (nSPS) is 10.8. The van der Waals surface area contributed by atoms with Crippen molar-refractivity contribution in [2.24, 2.45) is 0 Å². The van der Waals surface area contributed by atoms with Gasteiger partial charge in [-0.2, -0.15) is 0 Å². The first kappa shape index (κ1) is 24.4. The maximum absolute atomic E-state index is 10.7. The molecular weight excluding hydrogens is 329 g/mol. The fraction of sp³-hybridized carbons (Fsp3) is 0.556. The summed E-state index contributed by atoms with van der Waals surface area (Å²) in [6.07, 6.45) is -1.24. The van der Waals surface area contributed by atoms with Crippen LogP contribution in [0.4, 0.5) is 0 Å². The van der Waals surface area contributed by atoms with E-state index in [0.717, 1.165) is 0 Å². The molecule has 0 aliphatic carbocycles. The summed E-state index contributed by atoms with van der Waals surface area (Å²) in [5, 5.41) is 41.6. The van der Waals surface area contributed by atoms with Crippen molar-refractivity contribution < 1.29 is 86.2 Å². The quantitative estimate of drug-likeness (QED) is 0.371. The van der Waals surface area contributed by atoms with E-state index in [1.165, 1.54) is 0 Å². The van der Waals surface area contributed by atoms with E-state index in [4.69, 9.17) is 0 Å². The molecule has 0 heterocycles. The largest absolute Gasteiger partial charge is 3.00 e. The first-order valence-electron chi connectivity index (χ1n) is 4.78. The number of rotatable bonds is 9. The van der Waals surface area contributed by atoms with Crippen LogP contribution in [0, 0.1) is 0 Å². The van der Waals surface area contributed by atoms with Crippen molar-refractivity contribution in [3.63, 3.8) is 0 Å². The Morgan fingerprint density at radius 1 is 0.850 bits per heavy atom. The monoisotopic (exact) mass is 338 g/mol. The fourth-order valence-corrected chi connectivity index (χ4v) is 1.31. The summed E-state index contributed by atoms with van der Waals surface area (Å²) in [4.78, 5) is 42.1. The van der Waals surface area contributed by atoms with E-state index in [9.17, 15) is 39.6 Å². The van der Waals surface area contributed by atoms with Crippen LogP contribution >= 0.6 is 0 Å². The van der Waals surface area contributed by atoms with Crippen LogP contribution in [0.1, 0.15) is 12.8 Å². The number of carbonyl (C=O) groups excluding carboxylic acids is 4. The standard InChI is InChI=1S/C9H13NO8.Fe.Na/c11-6(12)2-1-5(9(17)18)10(3-7(13)14)4-8(15)16;;/h5H,1-4H2,(H,11,12)(H,13,14)(H,15,16)(H,17,18);;/q;+3;+1/p-4. The van der Waals surface area contributed by atoms with Gasteiger partial charge in [-0.3, -0.25) is 4.90 Å². The molecule has 0 aromatic rings. The maximum Gasteiger partial charge on any atom is 3.00 e. The molecule has 0 bridgehead atoms. The van der Waals surface area contributed by atoms with E-state index in [-0.39, 0.29) is 46.6 Å². The fourth-order valence-electron chi connectivity index (χ4n) is 1.31. The summed E-state index contributed by atoms with van der Waals surface area (Å²) in [7, 11) is 0. The average molecular weight is 338 g/mol. The molecule has 0 rings (SSSR count). The van der Waals surface area contributed by atoms with Gasteiger partial charge in [0.15, 0.2) is 0 Å². The summed E-state index contributed by atoms with van der Waals surface area (Å²) in [5.74, 6) is -6.77. The Bertz CT molecular complexity index is 348. The summed E-state index contributed by atoms with van der Waals surface area (Å²) >= 11 is 0. The van der Waals surface area contributed by atoms with Gasteiger partial charge >= 0.3 is 46.6 Å². The molecule has 0 spiro atoms. The van der Waals surface area contributed by atoms with E-state index in [2.05, 4.69) is 0 Å². The average Bonchev–Trinajstić information content (AvgIpc) is 2.14. The molecule has 0 aliphatic rings. The smallest absolute Gasteiger partial charge is 0.550 e. The molecule has 9 nitrogen and oxygen atoms in total. The number of nitrogens with zero attached hydrogens (tertiary/aromatic N) is 1. The van der Waals surface area contributed by atoms with Crippen molar-refractivity contribution >= 4 is 23.9 Å². The number of carboxylic acids is 4. The van der Waals surface area contributed by atoms with Gasteiger partial charge < -0.3 is 39.6 Å². The van der Waals surface area contributed by atoms with Crippen LogP contribution in [0.2, 0.25) is 0 Å². The van der Waals surface area contributed by atoms with Gasteiger partial charge in [0.05, 0.1) is 23.9 Å². The van der Waals surface area contributed by atoms with Crippen molar-refractivity contribution in [3.05, 3.63) is 0 Å². The maximum atomic E-state index is 10.7. The molecule has 1 unspecified atom stereocenters. The molecular formula is C9H9FeNNaO8. The Kier molecular flexibility index (Phi) is 14.8. The second-order valence-corrected chi connectivity index (χ2v) is 3.39. The number of hydrogen-bond acceptors (Lipinski definition) is 9. The van der Waals surface area contributed by atoms with Crippen molar-refractivity contribution in [2.45, 2.75) is 18.9 Å². The zero-order valence-electron chi connectivity index (χ0n) is 10.5. The van der Waals surface area contributed by atoms with Crippen LogP contribution in [0.5, 0.6) is 0 Å². The second-order valence-electron chi connectivity index (χ2n) is 3.39. The molecule has 11 heteroatoms. The van der Waals surface area contributed by atoms with Gasteiger partial charge in [-0.05, 0) is 12.8 Å². The van der Waals surface area contributed by atoms with E-state index in [0.29, 0.717) is 4.90 Å². The van der Waals surface area contributed by atoms with Crippen molar-refractivity contribution in [1.82, 2.24) is 4.90 Å². The third-order valence-electron chi connectivity index (χ3n) is 2.00. The molecule has 0 aromatic heterocycles. The molecule has 0 amide bonds. The third-order valence-corrected chi connectivity index (χ3v) is 2.00. The summed E-state index contributed by atoms with van der Waals surface area (Å²) in [6, 6.07) is -1.70. The van der Waals surface area contributed by atoms with Crippen LogP contribution < -0.4 is 50.0 Å². The van der Waals surface area contributed by atoms with Gasteiger partial charge in [0, 0.05) is 19.1 Å². The Morgan fingerprint density at radius 2 is 1.25 bits per heavy atom. The van der Waals surface area contributed by atoms with Gasteiger partial charge in [0.1, 0.15) is 0 Å². The predicted molar refractivity (Wildman–Crippen MR) is 44.6 cm³/mol. The van der Waals surface area contributed by atoms with Crippen LogP contribution in [0.15, 0.2) is 0 Å². The molecule has 0 fully saturated rings. The number of hydrogen-bond donors (Lipinski definition) is 0. The van der Waals surface area contributed by atoms with E-state index in [1.807, 2.05) is 0 Å². The number of carbonyl (C=O) groups is 4. The van der Waals surface area contributed by atoms with Crippen molar-refractivity contribution in [3.8, 4) is 0 Å². The molecule has 0 saturated heterocycles. The van der Waals surface area contributed by atoms with Gasteiger partial charge in [-0.15, -0.1) is 0 Å². The van der Waals surface area contributed by atoms with Gasteiger partial charge in [-0.1, -0.05) is 0 Å². The second kappa shape index (κ2) is 12.1. The van der Waals surface area contributed by atoms with Crippen molar-refractivity contribution in [1.29, 1.82) is 0 Å². The Hall–Kier alpha value is -0.641.